The van der Waals surface area contributed by atoms with Crippen molar-refractivity contribution in [3.63, 3.8) is 0 Å². The minimum absolute atomic E-state index is 0.0199. The highest BCUT2D eigenvalue weighted by Gasteiger charge is 2.15. The van der Waals surface area contributed by atoms with Gasteiger partial charge in [-0.2, -0.15) is 0 Å². The molecule has 0 bridgehead atoms. The molecule has 1 aromatic carbocycles. The molecule has 0 aliphatic carbocycles. The Morgan fingerprint density at radius 3 is 2.43 bits per heavy atom. The molecule has 0 saturated carbocycles. The van der Waals surface area contributed by atoms with E-state index in [9.17, 15) is 18.0 Å². The normalized spacial score (nSPS) is 11.4. The zero-order valence-electron chi connectivity index (χ0n) is 11.7. The summed E-state index contributed by atoms with van der Waals surface area (Å²) in [7, 11) is 1.51. The van der Waals surface area contributed by atoms with Crippen molar-refractivity contribution in [2.75, 3.05) is 0 Å². The van der Waals surface area contributed by atoms with Gasteiger partial charge in [0.2, 0.25) is 0 Å². The fourth-order valence-corrected chi connectivity index (χ4v) is 2.50. The molecule has 0 atom stereocenters. The van der Waals surface area contributed by atoms with Crippen LogP contribution in [0.25, 0.3) is 22.2 Å². The van der Waals surface area contributed by atoms with E-state index in [1.54, 1.807) is 0 Å². The van der Waals surface area contributed by atoms with E-state index in [1.165, 1.54) is 23.9 Å². The lowest BCUT2D eigenvalue weighted by Gasteiger charge is -2.08. The second-order valence-electron chi connectivity index (χ2n) is 4.91. The number of pyridine rings is 1. The predicted molar refractivity (Wildman–Crippen MR) is 80.1 cm³/mol. The van der Waals surface area contributed by atoms with Crippen LogP contribution < -0.4 is 5.56 Å². The molecule has 3 aromatic rings. The second-order valence-corrected chi connectivity index (χ2v) is 5.32. The number of hydrogen-bond acceptors (Lipinski definition) is 3. The van der Waals surface area contributed by atoms with Gasteiger partial charge in [-0.25, -0.2) is 23.1 Å². The summed E-state index contributed by atoms with van der Waals surface area (Å²) in [5, 5.41) is 0.714. The molecule has 2 aromatic heterocycles. The van der Waals surface area contributed by atoms with Gasteiger partial charge in [0.1, 0.15) is 5.82 Å². The van der Waals surface area contributed by atoms with Crippen molar-refractivity contribution < 1.29 is 13.2 Å². The number of aryl methyl sites for hydroxylation is 1. The molecule has 4 nitrogen and oxygen atoms in total. The Balaban J connectivity index is 2.22. The lowest BCUT2D eigenvalue weighted by Crippen LogP contribution is -2.16. The summed E-state index contributed by atoms with van der Waals surface area (Å²) in [6.07, 6.45) is 0.571. The standard InChI is InChI=1S/C15H9ClF3N3O/c1-22-6-11(16)8-2-10(12(17)3-9(8)15(22)23)14-20-4-7(5-21-14)13(18)19/h2-6,13H,1H3. The zero-order valence-corrected chi connectivity index (χ0v) is 12.5. The highest BCUT2D eigenvalue weighted by Crippen LogP contribution is 2.28. The monoisotopic (exact) mass is 339 g/mol. The van der Waals surface area contributed by atoms with Crippen LogP contribution in [0, 0.1) is 5.82 Å². The van der Waals surface area contributed by atoms with Crippen LogP contribution in [0.4, 0.5) is 13.2 Å². The maximum atomic E-state index is 14.3. The quantitative estimate of drug-likeness (QED) is 0.715. The average molecular weight is 340 g/mol. The van der Waals surface area contributed by atoms with E-state index in [2.05, 4.69) is 9.97 Å². The first-order valence-electron chi connectivity index (χ1n) is 6.47. The summed E-state index contributed by atoms with van der Waals surface area (Å²) in [6.45, 7) is 0. The van der Waals surface area contributed by atoms with Gasteiger partial charge in [-0.3, -0.25) is 4.79 Å². The molecule has 0 aliphatic rings. The molecule has 8 heteroatoms. The summed E-state index contributed by atoms with van der Waals surface area (Å²) < 4.78 is 40.6. The fraction of sp³-hybridized carbons (Fsp3) is 0.133. The fourth-order valence-electron chi connectivity index (χ4n) is 2.20. The molecular weight excluding hydrogens is 331 g/mol. The van der Waals surface area contributed by atoms with Gasteiger partial charge in [0.25, 0.3) is 12.0 Å². The van der Waals surface area contributed by atoms with Crippen LogP contribution in [0.2, 0.25) is 5.02 Å². The number of hydrogen-bond donors (Lipinski definition) is 0. The Morgan fingerprint density at radius 1 is 1.17 bits per heavy atom. The molecule has 0 N–H and O–H groups in total. The smallest absolute Gasteiger partial charge is 0.266 e. The summed E-state index contributed by atoms with van der Waals surface area (Å²) in [5.74, 6) is -0.799. The van der Waals surface area contributed by atoms with Gasteiger partial charge in [0.05, 0.1) is 21.5 Å². The van der Waals surface area contributed by atoms with E-state index >= 15 is 0 Å². The zero-order chi connectivity index (χ0) is 16.7. The van der Waals surface area contributed by atoms with Gasteiger partial charge >= 0.3 is 0 Å². The molecule has 3 rings (SSSR count). The number of rotatable bonds is 2. The summed E-state index contributed by atoms with van der Waals surface area (Å²) in [6, 6.07) is 2.38. The minimum Gasteiger partial charge on any atom is -0.317 e. The lowest BCUT2D eigenvalue weighted by atomic mass is 10.1. The molecule has 0 unspecified atom stereocenters. The third-order valence-electron chi connectivity index (χ3n) is 3.39. The Hall–Kier alpha value is -2.41. The number of alkyl halides is 2. The van der Waals surface area contributed by atoms with Crippen molar-refractivity contribution >= 4 is 22.4 Å². The SMILES string of the molecule is Cn1cc(Cl)c2cc(-c3ncc(C(F)F)cn3)c(F)cc2c1=O. The van der Waals surface area contributed by atoms with Gasteiger partial charge in [0, 0.05) is 31.0 Å². The number of nitrogens with zero attached hydrogens (tertiary/aromatic N) is 3. The van der Waals surface area contributed by atoms with Gasteiger partial charge in [-0.1, -0.05) is 11.6 Å². The van der Waals surface area contributed by atoms with E-state index < -0.39 is 17.8 Å². The molecule has 23 heavy (non-hydrogen) atoms. The topological polar surface area (TPSA) is 47.8 Å². The molecular formula is C15H9ClF3N3O. The number of fused-ring (bicyclic) bond motifs is 1. The van der Waals surface area contributed by atoms with Crippen molar-refractivity contribution in [3.8, 4) is 11.4 Å². The van der Waals surface area contributed by atoms with Crippen LogP contribution in [-0.4, -0.2) is 14.5 Å². The van der Waals surface area contributed by atoms with Crippen molar-refractivity contribution in [2.45, 2.75) is 6.43 Å². The molecule has 0 saturated heterocycles. The number of halogens is 4. The van der Waals surface area contributed by atoms with Crippen LogP contribution in [0.1, 0.15) is 12.0 Å². The number of benzene rings is 1. The third kappa shape index (κ3) is 2.68. The minimum atomic E-state index is -2.71. The highest BCUT2D eigenvalue weighted by molar-refractivity contribution is 6.35. The van der Waals surface area contributed by atoms with Crippen LogP contribution in [0.3, 0.4) is 0 Å². The van der Waals surface area contributed by atoms with Crippen molar-refractivity contribution in [3.05, 3.63) is 57.5 Å². The molecule has 0 radical (unpaired) electrons. The third-order valence-corrected chi connectivity index (χ3v) is 3.69. The molecule has 0 fully saturated rings. The second kappa shape index (κ2) is 5.66. The first-order valence-corrected chi connectivity index (χ1v) is 6.85. The van der Waals surface area contributed by atoms with Crippen LogP contribution >= 0.6 is 11.6 Å². The predicted octanol–water partition coefficient (Wildman–Crippen LogP) is 3.73. The van der Waals surface area contributed by atoms with Crippen LogP contribution in [0.5, 0.6) is 0 Å². The first kappa shape index (κ1) is 15.5. The Morgan fingerprint density at radius 2 is 1.83 bits per heavy atom. The Bertz CT molecular complexity index is 955. The summed E-state index contributed by atoms with van der Waals surface area (Å²) in [5.41, 5.74) is -0.779. The van der Waals surface area contributed by atoms with Crippen molar-refractivity contribution in [2.24, 2.45) is 7.05 Å². The molecule has 0 spiro atoms. The van der Waals surface area contributed by atoms with Gasteiger partial charge in [-0.15, -0.1) is 0 Å². The summed E-state index contributed by atoms with van der Waals surface area (Å²) >= 11 is 6.09. The van der Waals surface area contributed by atoms with E-state index in [0.717, 1.165) is 18.5 Å². The Labute approximate surface area is 133 Å². The molecule has 0 aliphatic heterocycles. The summed E-state index contributed by atoms with van der Waals surface area (Å²) in [4.78, 5) is 19.5. The maximum Gasteiger partial charge on any atom is 0.266 e. The maximum absolute atomic E-state index is 14.3. The van der Waals surface area contributed by atoms with Gasteiger partial charge in [-0.05, 0) is 12.1 Å². The van der Waals surface area contributed by atoms with Crippen molar-refractivity contribution in [1.29, 1.82) is 0 Å². The first-order chi connectivity index (χ1) is 10.9. The van der Waals surface area contributed by atoms with Crippen LogP contribution in [0.15, 0.2) is 35.5 Å². The van der Waals surface area contributed by atoms with E-state index in [4.69, 9.17) is 11.6 Å². The average Bonchev–Trinajstić information content (AvgIpc) is 2.52. The lowest BCUT2D eigenvalue weighted by molar-refractivity contribution is 0.150. The van der Waals surface area contributed by atoms with E-state index in [1.807, 2.05) is 0 Å². The molecule has 2 heterocycles. The largest absolute Gasteiger partial charge is 0.317 e. The van der Waals surface area contributed by atoms with Crippen LogP contribution in [-0.2, 0) is 7.05 Å². The molecule has 118 valence electrons. The van der Waals surface area contributed by atoms with Gasteiger partial charge in [0.15, 0.2) is 5.82 Å². The number of aromatic nitrogens is 3. The van der Waals surface area contributed by atoms with Crippen molar-refractivity contribution in [1.82, 2.24) is 14.5 Å². The highest BCUT2D eigenvalue weighted by atomic mass is 35.5. The molecule has 0 amide bonds. The van der Waals surface area contributed by atoms with Gasteiger partial charge < -0.3 is 4.57 Å². The Kier molecular flexibility index (Phi) is 3.81. The van der Waals surface area contributed by atoms with E-state index in [-0.39, 0.29) is 27.4 Å². The van der Waals surface area contributed by atoms with E-state index in [0.29, 0.717) is 5.39 Å².